The lowest BCUT2D eigenvalue weighted by atomic mass is 10.1. The summed E-state index contributed by atoms with van der Waals surface area (Å²) in [5, 5.41) is 7.67. The normalized spacial score (nSPS) is 10.8. The number of aromatic nitrogens is 4. The average Bonchev–Trinajstić information content (AvgIpc) is 2.78. The minimum absolute atomic E-state index is 0.761. The Kier molecular flexibility index (Phi) is 4.37. The van der Waals surface area contributed by atoms with Crippen LogP contribution in [0, 0.1) is 13.8 Å². The second-order valence-corrected chi connectivity index (χ2v) is 5.02. The molecule has 0 saturated carbocycles. The van der Waals surface area contributed by atoms with Gasteiger partial charge in [-0.25, -0.2) is 9.97 Å². The first kappa shape index (κ1) is 14.5. The molecule has 1 N–H and O–H groups in total. The van der Waals surface area contributed by atoms with Gasteiger partial charge in [-0.15, -0.1) is 0 Å². The van der Waals surface area contributed by atoms with E-state index in [1.165, 1.54) is 0 Å². The molecule has 0 fully saturated rings. The van der Waals surface area contributed by atoms with Crippen molar-refractivity contribution in [3.63, 3.8) is 0 Å². The average molecular weight is 273 g/mol. The molecule has 2 aromatic rings. The highest BCUT2D eigenvalue weighted by Gasteiger charge is 2.14. The molecule has 0 spiro atoms. The summed E-state index contributed by atoms with van der Waals surface area (Å²) in [6.07, 6.45) is 3.82. The Morgan fingerprint density at radius 1 is 1.20 bits per heavy atom. The van der Waals surface area contributed by atoms with Gasteiger partial charge in [-0.05, 0) is 26.7 Å². The van der Waals surface area contributed by atoms with Crippen LogP contribution in [0.4, 0.5) is 5.82 Å². The van der Waals surface area contributed by atoms with Crippen LogP contribution in [0.15, 0.2) is 6.20 Å². The number of rotatable bonds is 5. The minimum Gasteiger partial charge on any atom is -0.370 e. The van der Waals surface area contributed by atoms with Gasteiger partial charge in [0.25, 0.3) is 0 Å². The second kappa shape index (κ2) is 6.03. The molecule has 0 saturated heterocycles. The topological polar surface area (TPSA) is 55.6 Å². The first-order valence-corrected chi connectivity index (χ1v) is 7.18. The van der Waals surface area contributed by atoms with Gasteiger partial charge in [0.05, 0.1) is 11.8 Å². The molecular weight excluding hydrogens is 250 g/mol. The quantitative estimate of drug-likeness (QED) is 0.910. The molecule has 108 valence electrons. The summed E-state index contributed by atoms with van der Waals surface area (Å²) in [6.45, 7) is 9.31. The molecular formula is C15H23N5. The molecule has 5 heteroatoms. The van der Waals surface area contributed by atoms with Crippen molar-refractivity contribution in [1.82, 2.24) is 19.7 Å². The van der Waals surface area contributed by atoms with Crippen LogP contribution in [0.2, 0.25) is 0 Å². The van der Waals surface area contributed by atoms with Crippen molar-refractivity contribution in [3.05, 3.63) is 23.1 Å². The zero-order valence-electron chi connectivity index (χ0n) is 13.0. The van der Waals surface area contributed by atoms with Gasteiger partial charge in [-0.2, -0.15) is 5.10 Å². The standard InChI is InChI=1S/C15H23N5/c1-6-8-16-14-10(3)13(7-2)18-15(19-14)12-9-17-20(5)11(12)4/h9H,6-8H2,1-5H3,(H,16,18,19). The van der Waals surface area contributed by atoms with Crippen LogP contribution in [-0.4, -0.2) is 26.3 Å². The third-order valence-corrected chi connectivity index (χ3v) is 3.60. The summed E-state index contributed by atoms with van der Waals surface area (Å²) in [4.78, 5) is 9.39. The lowest BCUT2D eigenvalue weighted by Gasteiger charge is -2.12. The van der Waals surface area contributed by atoms with E-state index in [4.69, 9.17) is 4.98 Å². The van der Waals surface area contributed by atoms with Crippen LogP contribution in [0.25, 0.3) is 11.4 Å². The molecule has 2 aromatic heterocycles. The molecule has 0 atom stereocenters. The summed E-state index contributed by atoms with van der Waals surface area (Å²) in [5.74, 6) is 1.70. The van der Waals surface area contributed by atoms with Gasteiger partial charge in [-0.3, -0.25) is 4.68 Å². The van der Waals surface area contributed by atoms with Crippen molar-refractivity contribution in [2.45, 2.75) is 40.5 Å². The van der Waals surface area contributed by atoms with E-state index in [-0.39, 0.29) is 0 Å². The van der Waals surface area contributed by atoms with E-state index >= 15 is 0 Å². The van der Waals surface area contributed by atoms with E-state index in [0.717, 1.165) is 53.5 Å². The Hall–Kier alpha value is -1.91. The van der Waals surface area contributed by atoms with Gasteiger partial charge in [0.1, 0.15) is 5.82 Å². The number of nitrogens with one attached hydrogen (secondary N) is 1. The summed E-state index contributed by atoms with van der Waals surface area (Å²) in [7, 11) is 1.93. The van der Waals surface area contributed by atoms with Crippen molar-refractivity contribution < 1.29 is 0 Å². The van der Waals surface area contributed by atoms with Crippen LogP contribution in [0.1, 0.15) is 37.2 Å². The highest BCUT2D eigenvalue weighted by atomic mass is 15.3. The Morgan fingerprint density at radius 3 is 2.50 bits per heavy atom. The Labute approximate surface area is 120 Å². The molecule has 2 rings (SSSR count). The van der Waals surface area contributed by atoms with Crippen LogP contribution in [-0.2, 0) is 13.5 Å². The molecule has 0 amide bonds. The monoisotopic (exact) mass is 273 g/mol. The number of hydrogen-bond acceptors (Lipinski definition) is 4. The number of aryl methyl sites for hydroxylation is 2. The predicted molar refractivity (Wildman–Crippen MR) is 81.9 cm³/mol. The van der Waals surface area contributed by atoms with Crippen LogP contribution >= 0.6 is 0 Å². The van der Waals surface area contributed by atoms with Gasteiger partial charge in [0.15, 0.2) is 5.82 Å². The molecule has 0 radical (unpaired) electrons. The molecule has 20 heavy (non-hydrogen) atoms. The smallest absolute Gasteiger partial charge is 0.165 e. The van der Waals surface area contributed by atoms with E-state index in [2.05, 4.69) is 36.2 Å². The highest BCUT2D eigenvalue weighted by Crippen LogP contribution is 2.24. The zero-order valence-corrected chi connectivity index (χ0v) is 13.0. The molecule has 0 aliphatic carbocycles. The van der Waals surface area contributed by atoms with Crippen molar-refractivity contribution in [2.75, 3.05) is 11.9 Å². The molecule has 0 aromatic carbocycles. The Morgan fingerprint density at radius 2 is 1.95 bits per heavy atom. The molecule has 0 bridgehead atoms. The maximum atomic E-state index is 4.70. The van der Waals surface area contributed by atoms with Crippen molar-refractivity contribution in [2.24, 2.45) is 7.05 Å². The first-order valence-electron chi connectivity index (χ1n) is 7.18. The lowest BCUT2D eigenvalue weighted by molar-refractivity contribution is 0.740. The van der Waals surface area contributed by atoms with E-state index in [1.807, 2.05) is 24.9 Å². The fourth-order valence-electron chi connectivity index (χ4n) is 2.16. The fourth-order valence-corrected chi connectivity index (χ4v) is 2.16. The molecule has 0 unspecified atom stereocenters. The number of nitrogens with zero attached hydrogens (tertiary/aromatic N) is 4. The Balaban J connectivity index is 2.50. The van der Waals surface area contributed by atoms with Crippen molar-refractivity contribution in [3.8, 4) is 11.4 Å². The zero-order chi connectivity index (χ0) is 14.7. The highest BCUT2D eigenvalue weighted by molar-refractivity contribution is 5.61. The third kappa shape index (κ3) is 2.66. The fraction of sp³-hybridized carbons (Fsp3) is 0.533. The maximum absolute atomic E-state index is 4.70. The van der Waals surface area contributed by atoms with E-state index < -0.39 is 0 Å². The summed E-state index contributed by atoms with van der Waals surface area (Å²) in [5.41, 5.74) is 4.32. The molecule has 5 nitrogen and oxygen atoms in total. The summed E-state index contributed by atoms with van der Waals surface area (Å²) < 4.78 is 1.85. The summed E-state index contributed by atoms with van der Waals surface area (Å²) >= 11 is 0. The predicted octanol–water partition coefficient (Wildman–Crippen LogP) is 2.88. The number of hydrogen-bond donors (Lipinski definition) is 1. The van der Waals surface area contributed by atoms with Crippen LogP contribution in [0.3, 0.4) is 0 Å². The van der Waals surface area contributed by atoms with Crippen molar-refractivity contribution in [1.29, 1.82) is 0 Å². The van der Waals surface area contributed by atoms with E-state index in [9.17, 15) is 0 Å². The molecule has 0 aliphatic heterocycles. The lowest BCUT2D eigenvalue weighted by Crippen LogP contribution is -2.09. The van der Waals surface area contributed by atoms with Gasteiger partial charge < -0.3 is 5.32 Å². The SMILES string of the molecule is CCCNc1nc(-c2cnn(C)c2C)nc(CC)c1C. The van der Waals surface area contributed by atoms with Gasteiger partial charge >= 0.3 is 0 Å². The Bertz CT molecular complexity index is 601. The van der Waals surface area contributed by atoms with Gasteiger partial charge in [0, 0.05) is 30.5 Å². The second-order valence-electron chi connectivity index (χ2n) is 5.02. The third-order valence-electron chi connectivity index (χ3n) is 3.60. The van der Waals surface area contributed by atoms with Crippen molar-refractivity contribution >= 4 is 5.82 Å². The first-order chi connectivity index (χ1) is 9.58. The van der Waals surface area contributed by atoms with Gasteiger partial charge in [-0.1, -0.05) is 13.8 Å². The van der Waals surface area contributed by atoms with E-state index in [0.29, 0.717) is 0 Å². The van der Waals surface area contributed by atoms with Crippen LogP contribution in [0.5, 0.6) is 0 Å². The maximum Gasteiger partial charge on any atom is 0.165 e. The van der Waals surface area contributed by atoms with Gasteiger partial charge in [0.2, 0.25) is 0 Å². The van der Waals surface area contributed by atoms with Crippen LogP contribution < -0.4 is 5.32 Å². The summed E-state index contributed by atoms with van der Waals surface area (Å²) in [6, 6.07) is 0. The largest absolute Gasteiger partial charge is 0.370 e. The molecule has 0 aliphatic rings. The number of anilines is 1. The van der Waals surface area contributed by atoms with E-state index in [1.54, 1.807) is 0 Å². The molecule has 2 heterocycles. The minimum atomic E-state index is 0.761.